The first-order valence-corrected chi connectivity index (χ1v) is 15.1. The number of aromatic hydroxyl groups is 1. The molecule has 8 rings (SSSR count). The first kappa shape index (κ1) is 27.4. The molecule has 2 N–H and O–H groups in total. The SMILES string of the molecule is C#Cc1c(F)ccc2cc(O)cc(-c3ncc4c(N5CC6CCC(C5)N6)nc(OC[C@]56CCCN5CC(F)C6)nc4c3F)c12. The summed E-state index contributed by atoms with van der Waals surface area (Å²) in [5.74, 6) is 1.35. The lowest BCUT2D eigenvalue weighted by Crippen LogP contribution is -2.51. The van der Waals surface area contributed by atoms with Gasteiger partial charge in [0.05, 0.1) is 16.5 Å². The van der Waals surface area contributed by atoms with E-state index in [4.69, 9.17) is 16.1 Å². The molecule has 44 heavy (non-hydrogen) atoms. The number of hydrogen-bond acceptors (Lipinski definition) is 8. The number of benzene rings is 2. The van der Waals surface area contributed by atoms with Crippen molar-refractivity contribution in [1.29, 1.82) is 0 Å². The Balaban J connectivity index is 1.28. The maximum absolute atomic E-state index is 16.7. The van der Waals surface area contributed by atoms with Crippen molar-refractivity contribution in [2.75, 3.05) is 37.7 Å². The molecular formula is C33H31F3N6O2. The van der Waals surface area contributed by atoms with E-state index in [1.54, 1.807) is 0 Å². The first-order valence-electron chi connectivity index (χ1n) is 15.1. The van der Waals surface area contributed by atoms with Gasteiger partial charge in [-0.3, -0.25) is 9.88 Å². The second-order valence-corrected chi connectivity index (χ2v) is 12.6. The Hall–Kier alpha value is -4.14. The predicted molar refractivity (Wildman–Crippen MR) is 160 cm³/mol. The summed E-state index contributed by atoms with van der Waals surface area (Å²) >= 11 is 0. The Morgan fingerprint density at radius 2 is 1.95 bits per heavy atom. The van der Waals surface area contributed by atoms with E-state index in [2.05, 4.69) is 31.0 Å². The summed E-state index contributed by atoms with van der Waals surface area (Å²) in [4.78, 5) is 18.1. The number of aromatic nitrogens is 3. The van der Waals surface area contributed by atoms with Crippen LogP contribution in [0.4, 0.5) is 19.0 Å². The van der Waals surface area contributed by atoms with Gasteiger partial charge in [-0.05, 0) is 55.8 Å². The number of pyridine rings is 1. The van der Waals surface area contributed by atoms with Crippen LogP contribution in [-0.4, -0.2) is 81.5 Å². The fourth-order valence-corrected chi connectivity index (χ4v) is 7.89. The lowest BCUT2D eigenvalue weighted by molar-refractivity contribution is 0.107. The van der Waals surface area contributed by atoms with Gasteiger partial charge < -0.3 is 20.1 Å². The number of halogens is 3. The van der Waals surface area contributed by atoms with Crippen molar-refractivity contribution in [1.82, 2.24) is 25.2 Å². The van der Waals surface area contributed by atoms with Gasteiger partial charge >= 0.3 is 6.01 Å². The number of nitrogens with zero attached hydrogens (tertiary/aromatic N) is 5. The molecule has 0 radical (unpaired) electrons. The molecule has 4 fully saturated rings. The number of alkyl halides is 1. The van der Waals surface area contributed by atoms with Crippen LogP contribution in [-0.2, 0) is 0 Å². The van der Waals surface area contributed by atoms with Crippen LogP contribution in [0.3, 0.4) is 0 Å². The van der Waals surface area contributed by atoms with Crippen LogP contribution in [0.1, 0.15) is 37.7 Å². The number of fused-ring (bicyclic) bond motifs is 5. The zero-order valence-corrected chi connectivity index (χ0v) is 24.0. The highest BCUT2D eigenvalue weighted by Crippen LogP contribution is 2.42. The molecule has 0 aliphatic carbocycles. The molecule has 0 saturated carbocycles. The highest BCUT2D eigenvalue weighted by atomic mass is 19.1. The third-order valence-electron chi connectivity index (χ3n) is 9.84. The Kier molecular flexibility index (Phi) is 6.36. The average Bonchev–Trinajstić information content (AvgIpc) is 3.66. The van der Waals surface area contributed by atoms with Gasteiger partial charge in [-0.1, -0.05) is 12.0 Å². The number of phenols is 1. The van der Waals surface area contributed by atoms with Gasteiger partial charge in [0.2, 0.25) is 0 Å². The smallest absolute Gasteiger partial charge is 0.319 e. The molecule has 11 heteroatoms. The Morgan fingerprint density at radius 1 is 1.14 bits per heavy atom. The molecular weight excluding hydrogens is 569 g/mol. The summed E-state index contributed by atoms with van der Waals surface area (Å²) in [6.07, 6.45) is 10.5. The van der Waals surface area contributed by atoms with Crippen molar-refractivity contribution in [3.05, 3.63) is 47.7 Å². The van der Waals surface area contributed by atoms with Crippen LogP contribution in [0.25, 0.3) is 32.9 Å². The van der Waals surface area contributed by atoms with Gasteiger partial charge in [-0.15, -0.1) is 6.42 Å². The maximum Gasteiger partial charge on any atom is 0.319 e. The summed E-state index contributed by atoms with van der Waals surface area (Å²) in [6, 6.07) is 6.07. The van der Waals surface area contributed by atoms with Gasteiger partial charge in [0.25, 0.3) is 0 Å². The molecule has 8 nitrogen and oxygen atoms in total. The molecule has 226 valence electrons. The molecule has 4 aromatic rings. The predicted octanol–water partition coefficient (Wildman–Crippen LogP) is 4.71. The number of phenolic OH excluding ortho intramolecular Hbond substituents is 1. The molecule has 0 amide bonds. The minimum atomic E-state index is -0.913. The lowest BCUT2D eigenvalue weighted by atomic mass is 9.95. The second kappa shape index (κ2) is 10.2. The molecule has 6 heterocycles. The Labute approximate surface area is 252 Å². The molecule has 4 aliphatic heterocycles. The maximum atomic E-state index is 16.7. The van der Waals surface area contributed by atoms with Crippen molar-refractivity contribution in [2.24, 2.45) is 0 Å². The van der Waals surface area contributed by atoms with E-state index in [0.717, 1.165) is 32.2 Å². The van der Waals surface area contributed by atoms with Crippen LogP contribution in [0.5, 0.6) is 11.8 Å². The second-order valence-electron chi connectivity index (χ2n) is 12.6. The number of piperazine rings is 1. The van der Waals surface area contributed by atoms with E-state index in [1.807, 2.05) is 0 Å². The minimum Gasteiger partial charge on any atom is -0.508 e. The standard InChI is InChI=1S/C33H31F3N6O2/c1-2-23-26(35)7-4-18-10-22(43)11-24(27(18)23)29-28(36)30-25(13-37-29)31(41-15-20-5-6-21(16-41)38-20)40-32(39-30)44-17-33-8-3-9-42(33)14-19(34)12-33/h1,4,7,10-11,13,19-21,38,43H,3,5-6,8-9,12,14-17H2/t19?,20?,21?,33-/m1/s1. The highest BCUT2D eigenvalue weighted by molar-refractivity contribution is 6.03. The first-order chi connectivity index (χ1) is 21.3. The molecule has 2 aromatic heterocycles. The van der Waals surface area contributed by atoms with Crippen molar-refractivity contribution in [3.8, 4) is 35.4 Å². The molecule has 4 aliphatic rings. The number of terminal acetylenes is 1. The van der Waals surface area contributed by atoms with Gasteiger partial charge in [-0.25, -0.2) is 13.2 Å². The molecule has 2 aromatic carbocycles. The number of nitrogens with one attached hydrogen (secondary N) is 1. The minimum absolute atomic E-state index is 0.00778. The summed E-state index contributed by atoms with van der Waals surface area (Å²) < 4.78 is 52.2. The fourth-order valence-electron chi connectivity index (χ4n) is 7.89. The number of rotatable bonds is 5. The topological polar surface area (TPSA) is 86.6 Å². The fraction of sp³-hybridized carbons (Fsp3) is 0.424. The molecule has 3 unspecified atom stereocenters. The normalized spacial score (nSPS) is 26.4. The van der Waals surface area contributed by atoms with Crippen LogP contribution in [0, 0.1) is 24.0 Å². The summed E-state index contributed by atoms with van der Waals surface area (Å²) in [6.45, 7) is 2.79. The summed E-state index contributed by atoms with van der Waals surface area (Å²) in [5.41, 5.74) is -0.468. The van der Waals surface area contributed by atoms with Crippen LogP contribution >= 0.6 is 0 Å². The number of ether oxygens (including phenoxy) is 1. The van der Waals surface area contributed by atoms with Crippen molar-refractivity contribution in [2.45, 2.75) is 55.9 Å². The highest BCUT2D eigenvalue weighted by Gasteiger charge is 2.49. The lowest BCUT2D eigenvalue weighted by Gasteiger charge is -2.34. The van der Waals surface area contributed by atoms with Gasteiger partial charge in [0, 0.05) is 55.3 Å². The van der Waals surface area contributed by atoms with Crippen molar-refractivity contribution < 1.29 is 23.0 Å². The third kappa shape index (κ3) is 4.34. The van der Waals surface area contributed by atoms with Crippen molar-refractivity contribution in [3.63, 3.8) is 0 Å². The zero-order valence-electron chi connectivity index (χ0n) is 24.0. The Bertz CT molecular complexity index is 1850. The largest absolute Gasteiger partial charge is 0.508 e. The van der Waals surface area contributed by atoms with Gasteiger partial charge in [-0.2, -0.15) is 9.97 Å². The number of anilines is 1. The van der Waals surface area contributed by atoms with E-state index in [-0.39, 0.29) is 46.1 Å². The zero-order chi connectivity index (χ0) is 30.2. The van der Waals surface area contributed by atoms with E-state index >= 15 is 4.39 Å². The monoisotopic (exact) mass is 600 g/mol. The quantitative estimate of drug-likeness (QED) is 0.319. The number of hydrogen-bond donors (Lipinski definition) is 2. The van der Waals surface area contributed by atoms with Crippen LogP contribution in [0.2, 0.25) is 0 Å². The van der Waals surface area contributed by atoms with Crippen LogP contribution in [0.15, 0.2) is 30.5 Å². The molecule has 4 saturated heterocycles. The van der Waals surface area contributed by atoms with E-state index < -0.39 is 23.3 Å². The van der Waals surface area contributed by atoms with Gasteiger partial charge in [0.15, 0.2) is 5.82 Å². The van der Waals surface area contributed by atoms with E-state index in [9.17, 15) is 13.9 Å². The molecule has 2 bridgehead atoms. The van der Waals surface area contributed by atoms with E-state index in [1.165, 1.54) is 30.5 Å². The average molecular weight is 601 g/mol. The van der Waals surface area contributed by atoms with Crippen molar-refractivity contribution >= 4 is 27.5 Å². The third-order valence-corrected chi connectivity index (χ3v) is 9.84. The van der Waals surface area contributed by atoms with Crippen LogP contribution < -0.4 is 15.0 Å². The Morgan fingerprint density at radius 3 is 2.75 bits per heavy atom. The molecule has 4 atom stereocenters. The summed E-state index contributed by atoms with van der Waals surface area (Å²) in [7, 11) is 0. The molecule has 0 spiro atoms. The van der Waals surface area contributed by atoms with Gasteiger partial charge in [0.1, 0.15) is 41.4 Å². The van der Waals surface area contributed by atoms with E-state index in [0.29, 0.717) is 54.7 Å². The summed E-state index contributed by atoms with van der Waals surface area (Å²) in [5, 5.41) is 15.2.